The smallest absolute Gasteiger partial charge is 0.254 e. The van der Waals surface area contributed by atoms with Crippen molar-refractivity contribution in [3.05, 3.63) is 47.3 Å². The molecule has 10 heteroatoms. The number of nitriles is 1. The van der Waals surface area contributed by atoms with Gasteiger partial charge in [0.2, 0.25) is 0 Å². The monoisotopic (exact) mass is 423 g/mol. The number of nitrogens with zero attached hydrogens (tertiary/aromatic N) is 7. The maximum atomic E-state index is 13.3. The van der Waals surface area contributed by atoms with Gasteiger partial charge < -0.3 is 9.47 Å². The van der Waals surface area contributed by atoms with Crippen molar-refractivity contribution in [3.8, 4) is 16.9 Å². The summed E-state index contributed by atoms with van der Waals surface area (Å²) < 4.78 is 19.6. The summed E-state index contributed by atoms with van der Waals surface area (Å²) in [5.74, 6) is 1.33. The van der Waals surface area contributed by atoms with Gasteiger partial charge >= 0.3 is 0 Å². The van der Waals surface area contributed by atoms with Crippen LogP contribution in [0.3, 0.4) is 0 Å². The van der Waals surface area contributed by atoms with Crippen LogP contribution in [0.2, 0.25) is 0 Å². The molecule has 0 N–H and O–H groups in total. The molecule has 3 aromatic rings. The molecule has 2 atom stereocenters. The second-order valence-electron chi connectivity index (χ2n) is 7.63. The topological polar surface area (TPSA) is 101 Å². The Bertz CT molecular complexity index is 1140. The number of hydrogen-bond acceptors (Lipinski definition) is 7. The Kier molecular flexibility index (Phi) is 4.55. The lowest BCUT2D eigenvalue weighted by Crippen LogP contribution is -2.44. The molecule has 1 aliphatic carbocycles. The van der Waals surface area contributed by atoms with Gasteiger partial charge in [0.25, 0.3) is 5.91 Å². The molecule has 1 aliphatic heterocycles. The van der Waals surface area contributed by atoms with Crippen molar-refractivity contribution in [3.63, 3.8) is 0 Å². The number of rotatable bonds is 4. The largest absolute Gasteiger partial charge is 0.325 e. The summed E-state index contributed by atoms with van der Waals surface area (Å²) in [4.78, 5) is 19.4. The van der Waals surface area contributed by atoms with Crippen LogP contribution in [0.4, 0.5) is 4.39 Å². The molecule has 1 fully saturated rings. The van der Waals surface area contributed by atoms with Gasteiger partial charge in [-0.05, 0) is 55.6 Å². The zero-order chi connectivity index (χ0) is 20.8. The Morgan fingerprint density at radius 2 is 2.03 bits per heavy atom. The van der Waals surface area contributed by atoms with E-state index in [0.717, 1.165) is 18.7 Å². The number of carbonyl (C=O) groups excluding carboxylic acids is 1. The third-order valence-corrected chi connectivity index (χ3v) is 6.27. The van der Waals surface area contributed by atoms with Crippen LogP contribution in [-0.4, -0.2) is 41.5 Å². The Morgan fingerprint density at radius 1 is 1.27 bits per heavy atom. The van der Waals surface area contributed by atoms with E-state index in [1.165, 1.54) is 35.8 Å². The van der Waals surface area contributed by atoms with Crippen LogP contribution in [0.25, 0.3) is 10.8 Å². The van der Waals surface area contributed by atoms with E-state index in [0.29, 0.717) is 41.2 Å². The average molecular weight is 423 g/mol. The van der Waals surface area contributed by atoms with E-state index >= 15 is 0 Å². The molecule has 30 heavy (non-hydrogen) atoms. The van der Waals surface area contributed by atoms with Crippen molar-refractivity contribution in [1.82, 2.24) is 29.0 Å². The summed E-state index contributed by atoms with van der Waals surface area (Å²) >= 11 is 1.30. The molecule has 5 rings (SSSR count). The molecule has 0 radical (unpaired) electrons. The molecule has 1 saturated carbocycles. The van der Waals surface area contributed by atoms with E-state index in [-0.39, 0.29) is 5.91 Å². The zero-order valence-electron chi connectivity index (χ0n) is 16.2. The van der Waals surface area contributed by atoms with E-state index in [2.05, 4.69) is 25.6 Å². The Morgan fingerprint density at radius 3 is 2.73 bits per heavy atom. The first-order valence-corrected chi connectivity index (χ1v) is 10.6. The van der Waals surface area contributed by atoms with Gasteiger partial charge in [0, 0.05) is 24.6 Å². The van der Waals surface area contributed by atoms with Gasteiger partial charge in [-0.15, -0.1) is 10.2 Å². The van der Waals surface area contributed by atoms with Crippen LogP contribution in [0.15, 0.2) is 24.3 Å². The minimum Gasteiger partial charge on any atom is -0.325 e. The third kappa shape index (κ3) is 3.15. The molecule has 2 unspecified atom stereocenters. The highest BCUT2D eigenvalue weighted by atomic mass is 32.1. The number of benzene rings is 1. The third-order valence-electron chi connectivity index (χ3n) is 5.55. The number of amides is 1. The van der Waals surface area contributed by atoms with E-state index in [1.54, 1.807) is 11.8 Å². The van der Waals surface area contributed by atoms with E-state index in [9.17, 15) is 14.4 Å². The minimum atomic E-state index is -0.557. The first kappa shape index (κ1) is 18.8. The molecule has 2 aliphatic rings. The first-order chi connectivity index (χ1) is 14.6. The number of fused-ring (bicyclic) bond motifs is 1. The van der Waals surface area contributed by atoms with Gasteiger partial charge in [-0.1, -0.05) is 0 Å². The maximum absolute atomic E-state index is 13.3. The maximum Gasteiger partial charge on any atom is 0.254 e. The molecule has 8 nitrogen and oxygen atoms in total. The summed E-state index contributed by atoms with van der Waals surface area (Å²) in [6, 6.07) is 7.11. The highest BCUT2D eigenvalue weighted by Gasteiger charge is 2.39. The number of carbonyl (C=O) groups is 1. The Hall–Kier alpha value is -3.19. The summed E-state index contributed by atoms with van der Waals surface area (Å²) in [7, 11) is 0. The number of halogens is 1. The molecule has 0 bridgehead atoms. The fraction of sp³-hybridized carbons (Fsp3) is 0.400. The SMILES string of the molecule is CC(C#N)C1c2nnc(-c3nc(C4CC4)ns3)n2CCN1C(=O)c1ccc(F)cc1. The Balaban J connectivity index is 1.50. The number of hydrogen-bond donors (Lipinski definition) is 0. The Labute approximate surface area is 176 Å². The normalized spacial score (nSPS) is 19.2. The lowest BCUT2D eigenvalue weighted by Gasteiger charge is -2.37. The minimum absolute atomic E-state index is 0.259. The average Bonchev–Trinajstić information content (AvgIpc) is 3.34. The van der Waals surface area contributed by atoms with E-state index in [4.69, 9.17) is 0 Å². The predicted molar refractivity (Wildman–Crippen MR) is 106 cm³/mol. The lowest BCUT2D eigenvalue weighted by atomic mass is 9.98. The molecule has 2 aromatic heterocycles. The molecular formula is C20H18FN7OS. The quantitative estimate of drug-likeness (QED) is 0.639. The van der Waals surface area contributed by atoms with Gasteiger partial charge in [-0.25, -0.2) is 9.37 Å². The second-order valence-corrected chi connectivity index (χ2v) is 8.39. The van der Waals surface area contributed by atoms with Gasteiger partial charge in [0.1, 0.15) is 17.7 Å². The van der Waals surface area contributed by atoms with E-state index in [1.807, 2.05) is 4.57 Å². The molecule has 1 aromatic carbocycles. The fourth-order valence-electron chi connectivity index (χ4n) is 3.78. The van der Waals surface area contributed by atoms with Crippen LogP contribution in [0.1, 0.15) is 53.7 Å². The van der Waals surface area contributed by atoms with Crippen LogP contribution in [0.5, 0.6) is 0 Å². The summed E-state index contributed by atoms with van der Waals surface area (Å²) in [5, 5.41) is 19.0. The summed E-state index contributed by atoms with van der Waals surface area (Å²) in [6.07, 6.45) is 2.24. The van der Waals surface area contributed by atoms with Crippen molar-refractivity contribution in [2.45, 2.75) is 38.3 Å². The summed E-state index contributed by atoms with van der Waals surface area (Å²) in [5.41, 5.74) is 0.373. The molecule has 0 spiro atoms. The van der Waals surface area contributed by atoms with Crippen LogP contribution in [0, 0.1) is 23.1 Å². The van der Waals surface area contributed by atoms with Crippen molar-refractivity contribution in [1.29, 1.82) is 5.26 Å². The first-order valence-electron chi connectivity index (χ1n) is 9.80. The second kappa shape index (κ2) is 7.25. The molecule has 3 heterocycles. The van der Waals surface area contributed by atoms with Gasteiger partial charge in [0.15, 0.2) is 16.7 Å². The van der Waals surface area contributed by atoms with Crippen molar-refractivity contribution < 1.29 is 9.18 Å². The predicted octanol–water partition coefficient (Wildman–Crippen LogP) is 3.17. The summed E-state index contributed by atoms with van der Waals surface area (Å²) in [6.45, 7) is 2.63. The molecule has 152 valence electrons. The standard InChI is InChI=1S/C20H18FN7OS/c1-11(10-22)15-17-24-25-18(19-23-16(26-30-19)12-2-3-12)28(17)9-8-27(15)20(29)13-4-6-14(21)7-5-13/h4-7,11-12,15H,2-3,8-9H2,1H3. The van der Waals surface area contributed by atoms with Crippen molar-refractivity contribution >= 4 is 17.4 Å². The molecule has 1 amide bonds. The lowest BCUT2D eigenvalue weighted by molar-refractivity contribution is 0.0571. The van der Waals surface area contributed by atoms with Crippen molar-refractivity contribution in [2.24, 2.45) is 5.92 Å². The molecular weight excluding hydrogens is 405 g/mol. The molecule has 0 saturated heterocycles. The van der Waals surface area contributed by atoms with Crippen LogP contribution < -0.4 is 0 Å². The number of aromatic nitrogens is 5. The fourth-order valence-corrected chi connectivity index (χ4v) is 4.52. The highest BCUT2D eigenvalue weighted by Crippen LogP contribution is 2.40. The van der Waals surface area contributed by atoms with Gasteiger partial charge in [-0.3, -0.25) is 4.79 Å². The van der Waals surface area contributed by atoms with Crippen molar-refractivity contribution in [2.75, 3.05) is 6.54 Å². The van der Waals surface area contributed by atoms with Crippen LogP contribution in [-0.2, 0) is 6.54 Å². The van der Waals surface area contributed by atoms with Crippen LogP contribution >= 0.6 is 11.5 Å². The van der Waals surface area contributed by atoms with Gasteiger partial charge in [0.05, 0.1) is 12.0 Å². The van der Waals surface area contributed by atoms with Gasteiger partial charge in [-0.2, -0.15) is 9.64 Å². The highest BCUT2D eigenvalue weighted by molar-refractivity contribution is 7.09. The zero-order valence-corrected chi connectivity index (χ0v) is 17.0. The van der Waals surface area contributed by atoms with E-state index < -0.39 is 17.8 Å².